The predicted octanol–water partition coefficient (Wildman–Crippen LogP) is 5.14. The summed E-state index contributed by atoms with van der Waals surface area (Å²) in [7, 11) is 0. The summed E-state index contributed by atoms with van der Waals surface area (Å²) >= 11 is 2.90. The number of aryl methyl sites for hydroxylation is 2. The van der Waals surface area contributed by atoms with Crippen molar-refractivity contribution in [3.63, 3.8) is 0 Å². The Bertz CT molecular complexity index is 1420. The Hall–Kier alpha value is -3.23. The number of benzene rings is 2. The lowest BCUT2D eigenvalue weighted by Crippen LogP contribution is -2.09. The Labute approximate surface area is 187 Å². The lowest BCUT2D eigenvalue weighted by molar-refractivity contribution is 0.883. The van der Waals surface area contributed by atoms with Gasteiger partial charge in [0.1, 0.15) is 10.5 Å². The summed E-state index contributed by atoms with van der Waals surface area (Å²) in [5.41, 5.74) is 4.99. The van der Waals surface area contributed by atoms with E-state index in [0.29, 0.717) is 16.3 Å². The third-order valence-electron chi connectivity index (χ3n) is 4.94. The van der Waals surface area contributed by atoms with Crippen LogP contribution >= 0.6 is 23.1 Å². The van der Waals surface area contributed by atoms with E-state index in [-0.39, 0.29) is 5.56 Å². The van der Waals surface area contributed by atoms with Crippen LogP contribution in [0.3, 0.4) is 0 Å². The fourth-order valence-electron chi connectivity index (χ4n) is 3.30. The first-order valence-electron chi connectivity index (χ1n) is 9.77. The zero-order valence-electron chi connectivity index (χ0n) is 17.0. The molecule has 6 nitrogen and oxygen atoms in total. The van der Waals surface area contributed by atoms with E-state index >= 15 is 0 Å². The number of thioether (sulfide) groups is 1. The number of nitrogens with zero attached hydrogens (tertiary/aromatic N) is 4. The lowest BCUT2D eigenvalue weighted by atomic mass is 10.1. The number of thiophene rings is 1. The van der Waals surface area contributed by atoms with Crippen LogP contribution in [0.5, 0.6) is 0 Å². The summed E-state index contributed by atoms with van der Waals surface area (Å²) < 4.78 is 2.70. The minimum Gasteiger partial charge on any atom is -0.309 e. The fraction of sp³-hybridized carbons (Fsp3) is 0.130. The second kappa shape index (κ2) is 8.13. The van der Waals surface area contributed by atoms with E-state index in [4.69, 9.17) is 0 Å². The van der Waals surface area contributed by atoms with Crippen molar-refractivity contribution in [2.45, 2.75) is 24.8 Å². The van der Waals surface area contributed by atoms with Crippen LogP contribution in [-0.4, -0.2) is 24.7 Å². The largest absolute Gasteiger partial charge is 0.309 e. The smallest absolute Gasteiger partial charge is 0.268 e. The van der Waals surface area contributed by atoms with Gasteiger partial charge in [0.15, 0.2) is 11.0 Å². The highest BCUT2D eigenvalue weighted by atomic mass is 32.2. The average molecular weight is 446 g/mol. The minimum absolute atomic E-state index is 0.101. The average Bonchev–Trinajstić information content (AvgIpc) is 3.41. The molecule has 0 radical (unpaired) electrons. The number of aromatic amines is 1. The molecule has 0 atom stereocenters. The number of rotatable bonds is 5. The molecule has 0 aliphatic rings. The summed E-state index contributed by atoms with van der Waals surface area (Å²) in [6.07, 6.45) is 0. The molecule has 0 saturated heterocycles. The summed E-state index contributed by atoms with van der Waals surface area (Å²) in [6, 6.07) is 18.4. The summed E-state index contributed by atoms with van der Waals surface area (Å²) in [5.74, 6) is 1.89. The quantitative estimate of drug-likeness (QED) is 0.379. The molecule has 154 valence electrons. The molecule has 0 unspecified atom stereocenters. The normalized spacial score (nSPS) is 11.3. The van der Waals surface area contributed by atoms with Gasteiger partial charge < -0.3 is 4.98 Å². The van der Waals surface area contributed by atoms with Crippen LogP contribution < -0.4 is 5.56 Å². The SMILES string of the molecule is Cc1ccc(-c2nnc(SCc3nc4ccsc4c(=O)[nH]3)n2-c2ccc(C)cc2)cc1. The minimum atomic E-state index is -0.101. The van der Waals surface area contributed by atoms with Crippen molar-refractivity contribution in [2.75, 3.05) is 0 Å². The van der Waals surface area contributed by atoms with Gasteiger partial charge in [-0.25, -0.2) is 4.98 Å². The van der Waals surface area contributed by atoms with Crippen molar-refractivity contribution in [1.29, 1.82) is 0 Å². The molecule has 0 spiro atoms. The van der Waals surface area contributed by atoms with E-state index in [1.807, 2.05) is 11.4 Å². The number of aromatic nitrogens is 5. The first-order valence-corrected chi connectivity index (χ1v) is 11.6. The van der Waals surface area contributed by atoms with E-state index in [2.05, 4.69) is 87.1 Å². The summed E-state index contributed by atoms with van der Waals surface area (Å²) in [6.45, 7) is 4.13. The molecule has 31 heavy (non-hydrogen) atoms. The second-order valence-corrected chi connectivity index (χ2v) is 9.14. The lowest BCUT2D eigenvalue weighted by Gasteiger charge is -2.11. The molecule has 5 rings (SSSR count). The molecule has 0 aliphatic heterocycles. The molecule has 5 aromatic rings. The molecule has 3 heterocycles. The first-order chi connectivity index (χ1) is 15.1. The van der Waals surface area contributed by atoms with Crippen molar-refractivity contribution >= 4 is 33.3 Å². The van der Waals surface area contributed by atoms with Gasteiger partial charge in [0.2, 0.25) is 0 Å². The van der Waals surface area contributed by atoms with E-state index in [9.17, 15) is 4.79 Å². The predicted molar refractivity (Wildman–Crippen MR) is 126 cm³/mol. The molecule has 3 aromatic heterocycles. The Balaban J connectivity index is 1.53. The third kappa shape index (κ3) is 3.92. The van der Waals surface area contributed by atoms with Gasteiger partial charge in [-0.05, 0) is 37.4 Å². The molecule has 0 amide bonds. The molecule has 0 bridgehead atoms. The number of hydrogen-bond acceptors (Lipinski definition) is 6. The van der Waals surface area contributed by atoms with Gasteiger partial charge in [0, 0.05) is 11.3 Å². The van der Waals surface area contributed by atoms with Gasteiger partial charge >= 0.3 is 0 Å². The maximum Gasteiger partial charge on any atom is 0.268 e. The van der Waals surface area contributed by atoms with E-state index in [1.165, 1.54) is 34.2 Å². The van der Waals surface area contributed by atoms with Crippen LogP contribution in [0, 0.1) is 13.8 Å². The molecule has 0 fully saturated rings. The van der Waals surface area contributed by atoms with Crippen LogP contribution in [0.25, 0.3) is 27.3 Å². The topological polar surface area (TPSA) is 76.5 Å². The van der Waals surface area contributed by atoms with Crippen LogP contribution in [0.2, 0.25) is 0 Å². The zero-order chi connectivity index (χ0) is 21.4. The highest BCUT2D eigenvalue weighted by molar-refractivity contribution is 7.98. The molecule has 0 aliphatic carbocycles. The number of H-pyrrole nitrogens is 1. The van der Waals surface area contributed by atoms with E-state index in [0.717, 1.165) is 27.7 Å². The summed E-state index contributed by atoms with van der Waals surface area (Å²) in [5, 5.41) is 11.6. The standard InChI is InChI=1S/C23H19N5OS2/c1-14-3-7-16(8-4-14)21-26-27-23(28(21)17-9-5-15(2)6-10-17)31-13-19-24-18-11-12-30-20(18)22(29)25-19/h3-12H,13H2,1-2H3,(H,24,25,29). The van der Waals surface area contributed by atoms with Gasteiger partial charge in [-0.3, -0.25) is 9.36 Å². The third-order valence-corrected chi connectivity index (χ3v) is 6.78. The highest BCUT2D eigenvalue weighted by Crippen LogP contribution is 2.29. The van der Waals surface area contributed by atoms with Crippen molar-refractivity contribution in [3.8, 4) is 17.1 Å². The van der Waals surface area contributed by atoms with Crippen molar-refractivity contribution in [1.82, 2.24) is 24.7 Å². The van der Waals surface area contributed by atoms with Crippen LogP contribution in [0.1, 0.15) is 17.0 Å². The molecule has 1 N–H and O–H groups in total. The fourth-order valence-corrected chi connectivity index (χ4v) is 4.85. The van der Waals surface area contributed by atoms with Crippen LogP contribution in [-0.2, 0) is 5.75 Å². The Morgan fingerprint density at radius 1 is 0.968 bits per heavy atom. The molecular formula is C23H19N5OS2. The summed E-state index contributed by atoms with van der Waals surface area (Å²) in [4.78, 5) is 19.7. The first kappa shape index (κ1) is 19.7. The van der Waals surface area contributed by atoms with Gasteiger partial charge in [-0.15, -0.1) is 21.5 Å². The Morgan fingerprint density at radius 3 is 2.42 bits per heavy atom. The maximum absolute atomic E-state index is 12.3. The second-order valence-electron chi connectivity index (χ2n) is 7.28. The number of nitrogens with one attached hydrogen (secondary N) is 1. The van der Waals surface area contributed by atoms with Gasteiger partial charge in [0.25, 0.3) is 5.56 Å². The van der Waals surface area contributed by atoms with Crippen molar-refractivity contribution < 1.29 is 0 Å². The van der Waals surface area contributed by atoms with Crippen LogP contribution in [0.15, 0.2) is 69.9 Å². The van der Waals surface area contributed by atoms with Gasteiger partial charge in [-0.2, -0.15) is 0 Å². The number of hydrogen-bond donors (Lipinski definition) is 1. The molecule has 8 heteroatoms. The highest BCUT2D eigenvalue weighted by Gasteiger charge is 2.17. The zero-order valence-corrected chi connectivity index (χ0v) is 18.6. The molecule has 2 aromatic carbocycles. The Morgan fingerprint density at radius 2 is 1.68 bits per heavy atom. The van der Waals surface area contributed by atoms with E-state index in [1.54, 1.807) is 0 Å². The molecular weight excluding hydrogens is 426 g/mol. The van der Waals surface area contributed by atoms with E-state index < -0.39 is 0 Å². The Kier molecular flexibility index (Phi) is 5.17. The molecule has 0 saturated carbocycles. The van der Waals surface area contributed by atoms with Crippen molar-refractivity contribution in [2.24, 2.45) is 0 Å². The monoisotopic (exact) mass is 445 g/mol. The number of fused-ring (bicyclic) bond motifs is 1. The maximum atomic E-state index is 12.3. The van der Waals surface area contributed by atoms with Gasteiger partial charge in [0.05, 0.1) is 11.3 Å². The van der Waals surface area contributed by atoms with Gasteiger partial charge in [-0.1, -0.05) is 59.3 Å². The van der Waals surface area contributed by atoms with Crippen LogP contribution in [0.4, 0.5) is 0 Å². The van der Waals surface area contributed by atoms with Crippen molar-refractivity contribution in [3.05, 3.63) is 87.3 Å².